The zero-order chi connectivity index (χ0) is 18.6. The molecule has 0 spiro atoms. The number of hydrogen-bond acceptors (Lipinski definition) is 5. The molecule has 0 unspecified atom stereocenters. The van der Waals surface area contributed by atoms with Crippen LogP contribution in [-0.4, -0.2) is 24.4 Å². The molecule has 0 aliphatic carbocycles. The third-order valence-corrected chi connectivity index (χ3v) is 4.77. The fraction of sp³-hybridized carbons (Fsp3) is 0.353. The molecular formula is C17H22N4O3S. The summed E-state index contributed by atoms with van der Waals surface area (Å²) in [6, 6.07) is 6.42. The number of carbonyl (C=O) groups is 1. The van der Waals surface area contributed by atoms with Gasteiger partial charge in [-0.25, -0.2) is 19.5 Å². The molecule has 8 heteroatoms. The average molecular weight is 362 g/mol. The molecule has 134 valence electrons. The number of sulfonamides is 1. The second kappa shape index (κ2) is 7.60. The summed E-state index contributed by atoms with van der Waals surface area (Å²) < 4.78 is 26.3. The van der Waals surface area contributed by atoms with Gasteiger partial charge in [0.15, 0.2) is 0 Å². The van der Waals surface area contributed by atoms with Gasteiger partial charge in [0.25, 0.3) is 5.16 Å². The zero-order valence-electron chi connectivity index (χ0n) is 14.6. The Morgan fingerprint density at radius 2 is 1.48 bits per heavy atom. The number of benzene rings is 1. The van der Waals surface area contributed by atoms with E-state index in [1.165, 1.54) is 18.5 Å². The first-order valence-corrected chi connectivity index (χ1v) is 9.44. The molecule has 2 rings (SSSR count). The highest BCUT2D eigenvalue weighted by Crippen LogP contribution is 2.32. The molecule has 7 nitrogen and oxygen atoms in total. The van der Waals surface area contributed by atoms with Crippen molar-refractivity contribution in [2.24, 2.45) is 0 Å². The minimum absolute atomic E-state index is 0.170. The number of nitrogens with zero attached hydrogens (tertiary/aromatic N) is 2. The van der Waals surface area contributed by atoms with Gasteiger partial charge in [-0.3, -0.25) is 0 Å². The van der Waals surface area contributed by atoms with E-state index in [-0.39, 0.29) is 11.8 Å². The quantitative estimate of drug-likeness (QED) is 0.795. The van der Waals surface area contributed by atoms with Crippen molar-refractivity contribution in [3.63, 3.8) is 0 Å². The van der Waals surface area contributed by atoms with Crippen LogP contribution in [0.4, 0.5) is 10.5 Å². The molecule has 0 saturated heterocycles. The van der Waals surface area contributed by atoms with Crippen molar-refractivity contribution in [3.05, 3.63) is 47.8 Å². The van der Waals surface area contributed by atoms with Crippen molar-refractivity contribution in [1.29, 1.82) is 0 Å². The lowest BCUT2D eigenvalue weighted by Crippen LogP contribution is -2.35. The maximum Gasteiger partial charge on any atom is 0.333 e. The SMILES string of the molecule is CC(C)c1cccc(C(C)C)c1NC(=O)NS(=O)(=O)c1ncccn1. The van der Waals surface area contributed by atoms with Crippen LogP contribution in [0.2, 0.25) is 0 Å². The molecule has 2 amide bonds. The monoisotopic (exact) mass is 362 g/mol. The molecule has 1 aromatic heterocycles. The number of urea groups is 1. The summed E-state index contributed by atoms with van der Waals surface area (Å²) in [7, 11) is -4.13. The van der Waals surface area contributed by atoms with Crippen molar-refractivity contribution in [1.82, 2.24) is 14.7 Å². The number of aromatic nitrogens is 2. The van der Waals surface area contributed by atoms with Gasteiger partial charge in [-0.15, -0.1) is 0 Å². The number of nitrogens with one attached hydrogen (secondary N) is 2. The summed E-state index contributed by atoms with van der Waals surface area (Å²) >= 11 is 0. The maximum atomic E-state index is 12.3. The molecule has 0 aliphatic heterocycles. The highest BCUT2D eigenvalue weighted by molar-refractivity contribution is 7.89. The molecule has 2 N–H and O–H groups in total. The molecule has 25 heavy (non-hydrogen) atoms. The van der Waals surface area contributed by atoms with Crippen LogP contribution in [0.1, 0.15) is 50.7 Å². The van der Waals surface area contributed by atoms with E-state index >= 15 is 0 Å². The minimum Gasteiger partial charge on any atom is -0.307 e. The van der Waals surface area contributed by atoms with Gasteiger partial charge in [-0.1, -0.05) is 45.9 Å². The van der Waals surface area contributed by atoms with Crippen LogP contribution in [0.3, 0.4) is 0 Å². The summed E-state index contributed by atoms with van der Waals surface area (Å²) in [6.07, 6.45) is 2.59. The van der Waals surface area contributed by atoms with Crippen LogP contribution in [0.5, 0.6) is 0 Å². The van der Waals surface area contributed by atoms with Crippen molar-refractivity contribution in [3.8, 4) is 0 Å². The Morgan fingerprint density at radius 3 is 1.96 bits per heavy atom. The van der Waals surface area contributed by atoms with Crippen molar-refractivity contribution < 1.29 is 13.2 Å². The first kappa shape index (κ1) is 18.9. The van der Waals surface area contributed by atoms with Gasteiger partial charge in [0.1, 0.15) is 0 Å². The summed E-state index contributed by atoms with van der Waals surface area (Å²) in [5.74, 6) is 0.339. The Kier molecular flexibility index (Phi) is 5.73. The number of carbonyl (C=O) groups excluding carboxylic acids is 1. The summed E-state index contributed by atoms with van der Waals surface area (Å²) in [5, 5.41) is 2.23. The van der Waals surface area contributed by atoms with Gasteiger partial charge in [-0.05, 0) is 29.0 Å². The van der Waals surface area contributed by atoms with E-state index < -0.39 is 21.2 Å². The van der Waals surface area contributed by atoms with Crippen molar-refractivity contribution in [2.75, 3.05) is 5.32 Å². The number of amides is 2. The zero-order valence-corrected chi connectivity index (χ0v) is 15.5. The van der Waals surface area contributed by atoms with Crippen LogP contribution in [0.25, 0.3) is 0 Å². The van der Waals surface area contributed by atoms with E-state index in [0.29, 0.717) is 5.69 Å². The third-order valence-electron chi connectivity index (χ3n) is 3.62. The fourth-order valence-electron chi connectivity index (χ4n) is 2.43. The van der Waals surface area contributed by atoms with E-state index in [1.807, 2.05) is 50.6 Å². The Bertz CT molecular complexity index is 823. The van der Waals surface area contributed by atoms with Gasteiger partial charge in [-0.2, -0.15) is 8.42 Å². The van der Waals surface area contributed by atoms with E-state index in [2.05, 4.69) is 15.3 Å². The Balaban J connectivity index is 2.29. The van der Waals surface area contributed by atoms with E-state index in [0.717, 1.165) is 11.1 Å². The highest BCUT2D eigenvalue weighted by atomic mass is 32.2. The number of para-hydroxylation sites is 1. The predicted molar refractivity (Wildman–Crippen MR) is 96.0 cm³/mol. The van der Waals surface area contributed by atoms with Crippen LogP contribution in [-0.2, 0) is 10.0 Å². The number of anilines is 1. The molecule has 0 saturated carbocycles. The smallest absolute Gasteiger partial charge is 0.307 e. The summed E-state index contributed by atoms with van der Waals surface area (Å²) in [5.41, 5.74) is 2.51. The topological polar surface area (TPSA) is 101 Å². The highest BCUT2D eigenvalue weighted by Gasteiger charge is 2.22. The van der Waals surface area contributed by atoms with Crippen molar-refractivity contribution in [2.45, 2.75) is 44.7 Å². The summed E-state index contributed by atoms with van der Waals surface area (Å²) in [6.45, 7) is 8.04. The molecule has 0 fully saturated rings. The Hall–Kier alpha value is -2.48. The number of rotatable bonds is 5. The van der Waals surface area contributed by atoms with E-state index in [1.54, 1.807) is 0 Å². The first-order chi connectivity index (χ1) is 11.7. The Morgan fingerprint density at radius 1 is 0.960 bits per heavy atom. The standard InChI is InChI=1S/C17H22N4O3S/c1-11(2)13-7-5-8-14(12(3)4)15(13)20-16(22)21-25(23,24)17-18-9-6-10-19-17/h5-12H,1-4H3,(H2,20,21,22). The summed E-state index contributed by atoms with van der Waals surface area (Å²) in [4.78, 5) is 19.6. The maximum absolute atomic E-state index is 12.3. The second-order valence-electron chi connectivity index (χ2n) is 6.21. The lowest BCUT2D eigenvalue weighted by molar-refractivity contribution is 0.256. The molecule has 0 bridgehead atoms. The predicted octanol–water partition coefficient (Wildman–Crippen LogP) is 3.23. The van der Waals surface area contributed by atoms with Gasteiger partial charge < -0.3 is 5.32 Å². The molecule has 1 aromatic carbocycles. The van der Waals surface area contributed by atoms with Crippen LogP contribution >= 0.6 is 0 Å². The molecule has 0 radical (unpaired) electrons. The molecule has 2 aromatic rings. The molecular weight excluding hydrogens is 340 g/mol. The normalized spacial score (nSPS) is 11.6. The van der Waals surface area contributed by atoms with Crippen LogP contribution in [0.15, 0.2) is 41.8 Å². The number of hydrogen-bond donors (Lipinski definition) is 2. The lowest BCUT2D eigenvalue weighted by Gasteiger charge is -2.20. The largest absolute Gasteiger partial charge is 0.333 e. The van der Waals surface area contributed by atoms with Crippen molar-refractivity contribution >= 4 is 21.7 Å². The van der Waals surface area contributed by atoms with E-state index in [9.17, 15) is 13.2 Å². The molecule has 1 heterocycles. The van der Waals surface area contributed by atoms with Crippen LogP contribution in [0, 0.1) is 0 Å². The van der Waals surface area contributed by atoms with Gasteiger partial charge in [0.05, 0.1) is 0 Å². The van der Waals surface area contributed by atoms with Gasteiger partial charge >= 0.3 is 16.1 Å². The average Bonchev–Trinajstić information content (AvgIpc) is 2.54. The molecule has 0 aliphatic rings. The van der Waals surface area contributed by atoms with Gasteiger partial charge in [0, 0.05) is 18.1 Å². The molecule has 0 atom stereocenters. The second-order valence-corrected chi connectivity index (χ2v) is 7.79. The van der Waals surface area contributed by atoms with E-state index in [4.69, 9.17) is 0 Å². The van der Waals surface area contributed by atoms with Crippen LogP contribution < -0.4 is 10.0 Å². The fourth-order valence-corrected chi connectivity index (χ4v) is 3.21. The lowest BCUT2D eigenvalue weighted by atomic mass is 9.93. The third kappa shape index (κ3) is 4.54. The Labute approximate surface area is 148 Å². The van der Waals surface area contributed by atoms with Gasteiger partial charge in [0.2, 0.25) is 0 Å². The first-order valence-electron chi connectivity index (χ1n) is 7.96. The minimum atomic E-state index is -4.13.